The summed E-state index contributed by atoms with van der Waals surface area (Å²) in [4.78, 5) is 38.2. The van der Waals surface area contributed by atoms with Gasteiger partial charge >= 0.3 is 6.03 Å². The molecule has 0 bridgehead atoms. The zero-order valence-corrected chi connectivity index (χ0v) is 22.6. The Bertz CT molecular complexity index is 1280. The van der Waals surface area contributed by atoms with Gasteiger partial charge in [0.25, 0.3) is 0 Å². The van der Waals surface area contributed by atoms with E-state index in [0.717, 1.165) is 56.1 Å². The number of urea groups is 1. The van der Waals surface area contributed by atoms with Crippen molar-refractivity contribution in [3.63, 3.8) is 0 Å². The van der Waals surface area contributed by atoms with Crippen molar-refractivity contribution in [2.75, 3.05) is 42.8 Å². The van der Waals surface area contributed by atoms with Gasteiger partial charge in [0.15, 0.2) is 6.29 Å². The molecular formula is C28H35N7O4. The molecule has 1 saturated carbocycles. The first-order valence-corrected chi connectivity index (χ1v) is 13.5. The third-order valence-electron chi connectivity index (χ3n) is 8.24. The fourth-order valence-electron chi connectivity index (χ4n) is 5.74. The predicted molar refractivity (Wildman–Crippen MR) is 146 cm³/mol. The fraction of sp³-hybridized carbons (Fsp3) is 0.536. The van der Waals surface area contributed by atoms with Gasteiger partial charge < -0.3 is 14.8 Å². The van der Waals surface area contributed by atoms with Crippen molar-refractivity contribution in [3.05, 3.63) is 40.7 Å². The third-order valence-corrected chi connectivity index (χ3v) is 8.24. The molecule has 0 radical (unpaired) electrons. The number of hydrogen-bond donors (Lipinski definition) is 2. The van der Waals surface area contributed by atoms with Crippen LogP contribution >= 0.6 is 0 Å². The van der Waals surface area contributed by atoms with Crippen molar-refractivity contribution in [1.82, 2.24) is 14.9 Å². The van der Waals surface area contributed by atoms with E-state index in [4.69, 9.17) is 9.47 Å². The van der Waals surface area contributed by atoms with Gasteiger partial charge in [0.2, 0.25) is 0 Å². The van der Waals surface area contributed by atoms with Gasteiger partial charge in [-0.3, -0.25) is 19.9 Å². The van der Waals surface area contributed by atoms with Crippen LogP contribution in [0.1, 0.15) is 59.8 Å². The van der Waals surface area contributed by atoms with Crippen LogP contribution in [0, 0.1) is 11.3 Å². The Kier molecular flexibility index (Phi) is 8.07. The number of fused-ring (bicyclic) bond motifs is 1. The second kappa shape index (κ2) is 11.7. The molecule has 0 aromatic carbocycles. The number of likely N-dealkylation sites (tertiary alicyclic amines) is 1. The number of hydrogen-bond acceptors (Lipinski definition) is 9. The predicted octanol–water partition coefficient (Wildman–Crippen LogP) is 3.34. The molecule has 4 heterocycles. The molecule has 206 valence electrons. The number of carbonyl (C=O) groups is 2. The largest absolute Gasteiger partial charge is 0.380 e. The number of ether oxygens (including phenoxy) is 2. The van der Waals surface area contributed by atoms with Gasteiger partial charge in [-0.2, -0.15) is 5.26 Å². The van der Waals surface area contributed by atoms with Crippen LogP contribution in [0.2, 0.25) is 0 Å². The summed E-state index contributed by atoms with van der Waals surface area (Å²) in [5.41, 5.74) is 3.15. The molecule has 4 atom stereocenters. The summed E-state index contributed by atoms with van der Waals surface area (Å²) in [6, 6.07) is 5.80. The first-order chi connectivity index (χ1) is 18.9. The zero-order valence-electron chi connectivity index (χ0n) is 22.6. The van der Waals surface area contributed by atoms with Crippen molar-refractivity contribution in [2.45, 2.75) is 69.9 Å². The minimum absolute atomic E-state index is 0.0886. The molecular weight excluding hydrogens is 498 g/mol. The normalized spacial score (nSPS) is 24.4. The highest BCUT2D eigenvalue weighted by Crippen LogP contribution is 2.31. The molecule has 2 aromatic rings. The summed E-state index contributed by atoms with van der Waals surface area (Å²) >= 11 is 0. The van der Waals surface area contributed by atoms with Crippen LogP contribution in [-0.4, -0.2) is 78.8 Å². The monoisotopic (exact) mass is 533 g/mol. The van der Waals surface area contributed by atoms with E-state index in [0.29, 0.717) is 41.7 Å². The second-order valence-electron chi connectivity index (χ2n) is 10.4. The van der Waals surface area contributed by atoms with E-state index < -0.39 is 0 Å². The van der Waals surface area contributed by atoms with Gasteiger partial charge in [-0.25, -0.2) is 14.8 Å². The summed E-state index contributed by atoms with van der Waals surface area (Å²) < 4.78 is 11.0. The van der Waals surface area contributed by atoms with E-state index >= 15 is 0 Å². The van der Waals surface area contributed by atoms with Crippen molar-refractivity contribution < 1.29 is 19.1 Å². The number of aryl methyl sites for hydroxylation is 1. The second-order valence-corrected chi connectivity index (χ2v) is 10.4. The van der Waals surface area contributed by atoms with Crippen LogP contribution in [0.25, 0.3) is 0 Å². The van der Waals surface area contributed by atoms with Crippen molar-refractivity contribution in [1.29, 1.82) is 5.26 Å². The highest BCUT2D eigenvalue weighted by Gasteiger charge is 2.33. The number of carbonyl (C=O) groups excluding carboxylic acids is 2. The van der Waals surface area contributed by atoms with Gasteiger partial charge in [-0.1, -0.05) is 0 Å². The maximum absolute atomic E-state index is 13.4. The molecule has 1 saturated heterocycles. The summed E-state index contributed by atoms with van der Waals surface area (Å²) in [6.45, 7) is 4.11. The maximum Gasteiger partial charge on any atom is 0.328 e. The Morgan fingerprint density at radius 1 is 1.21 bits per heavy atom. The molecule has 2 N–H and O–H groups in total. The molecule has 39 heavy (non-hydrogen) atoms. The number of aromatic nitrogens is 2. The quantitative estimate of drug-likeness (QED) is 0.490. The van der Waals surface area contributed by atoms with Crippen LogP contribution in [0.15, 0.2) is 18.3 Å². The first kappa shape index (κ1) is 27.0. The lowest BCUT2D eigenvalue weighted by Gasteiger charge is -2.36. The molecule has 5 rings (SSSR count). The molecule has 3 aliphatic rings. The molecule has 1 aliphatic carbocycles. The lowest BCUT2D eigenvalue weighted by Crippen LogP contribution is -2.44. The fourth-order valence-corrected chi connectivity index (χ4v) is 5.74. The Hall–Kier alpha value is -3.59. The van der Waals surface area contributed by atoms with Crippen LogP contribution in [0.4, 0.5) is 22.1 Å². The smallest absolute Gasteiger partial charge is 0.328 e. The number of nitriles is 1. The van der Waals surface area contributed by atoms with Crippen LogP contribution in [0.5, 0.6) is 0 Å². The average Bonchev–Trinajstić information content (AvgIpc) is 3.29. The molecule has 11 nitrogen and oxygen atoms in total. The van der Waals surface area contributed by atoms with Gasteiger partial charge in [0.1, 0.15) is 23.4 Å². The SMILES string of the molecule is COC1CCN(Cc2cc3c(nc2C=O)N(C(=O)Nc2cc(N[C@@H]4CC[C@H]4OC)c(C#N)cn2)CCC3)C1C. The van der Waals surface area contributed by atoms with Crippen LogP contribution < -0.4 is 15.5 Å². The van der Waals surface area contributed by atoms with E-state index in [1.54, 1.807) is 25.2 Å². The summed E-state index contributed by atoms with van der Waals surface area (Å²) in [7, 11) is 3.41. The molecule has 11 heteroatoms. The summed E-state index contributed by atoms with van der Waals surface area (Å²) in [6.07, 6.45) is 6.89. The van der Waals surface area contributed by atoms with Gasteiger partial charge in [-0.05, 0) is 56.2 Å². The number of aldehydes is 1. The molecule has 2 aromatic heterocycles. The maximum atomic E-state index is 13.4. The van der Waals surface area contributed by atoms with Gasteiger partial charge in [-0.15, -0.1) is 0 Å². The highest BCUT2D eigenvalue weighted by molar-refractivity contribution is 6.01. The standard InChI is InChI=1S/C28H35N7O4/c1-17-24(38-2)8-10-34(17)15-19-11-18-5-4-9-35(27(18)32-23(19)16-36)28(37)33-26-12-22(20(13-29)14-30-26)31-21-6-7-25(21)39-3/h11-12,14,16-17,21,24-25H,4-10,15H2,1-3H3,(H2,30,31,33,37)/t17?,21-,24?,25-/m1/s1. The number of rotatable bonds is 8. The van der Waals surface area contributed by atoms with Crippen LogP contribution in [0.3, 0.4) is 0 Å². The number of anilines is 3. The zero-order chi connectivity index (χ0) is 27.5. The Morgan fingerprint density at radius 2 is 2.03 bits per heavy atom. The number of methoxy groups -OCH3 is 2. The third kappa shape index (κ3) is 5.45. The highest BCUT2D eigenvalue weighted by atomic mass is 16.5. The molecule has 0 spiro atoms. The number of amides is 2. The Balaban J connectivity index is 1.33. The number of nitrogens with zero attached hydrogens (tertiary/aromatic N) is 5. The first-order valence-electron chi connectivity index (χ1n) is 13.5. The molecule has 2 fully saturated rings. The lowest BCUT2D eigenvalue weighted by atomic mass is 9.88. The average molecular weight is 534 g/mol. The minimum atomic E-state index is -0.384. The lowest BCUT2D eigenvalue weighted by molar-refractivity contribution is 0.0286. The van der Waals surface area contributed by atoms with Gasteiger partial charge in [0, 0.05) is 52.2 Å². The van der Waals surface area contributed by atoms with Crippen molar-refractivity contribution in [2.24, 2.45) is 0 Å². The molecule has 2 unspecified atom stereocenters. The number of nitrogens with one attached hydrogen (secondary N) is 2. The minimum Gasteiger partial charge on any atom is -0.380 e. The van der Waals surface area contributed by atoms with Crippen LogP contribution in [-0.2, 0) is 22.4 Å². The molecule has 2 amide bonds. The summed E-state index contributed by atoms with van der Waals surface area (Å²) in [5.74, 6) is 0.822. The Morgan fingerprint density at radius 3 is 2.69 bits per heavy atom. The number of pyridine rings is 2. The van der Waals surface area contributed by atoms with E-state index in [1.165, 1.54) is 6.20 Å². The van der Waals surface area contributed by atoms with Crippen molar-refractivity contribution in [3.8, 4) is 6.07 Å². The Labute approximate surface area is 228 Å². The van der Waals surface area contributed by atoms with E-state index in [1.807, 2.05) is 6.07 Å². The molecule has 2 aliphatic heterocycles. The van der Waals surface area contributed by atoms with E-state index in [9.17, 15) is 14.9 Å². The topological polar surface area (TPSA) is 133 Å². The van der Waals surface area contributed by atoms with Gasteiger partial charge in [0.05, 0.1) is 29.5 Å². The summed E-state index contributed by atoms with van der Waals surface area (Å²) in [5, 5.41) is 15.7. The van der Waals surface area contributed by atoms with E-state index in [-0.39, 0.29) is 30.3 Å². The van der Waals surface area contributed by atoms with E-state index in [2.05, 4.69) is 38.5 Å². The van der Waals surface area contributed by atoms with Crippen molar-refractivity contribution >= 4 is 29.6 Å².